The van der Waals surface area contributed by atoms with Crippen LogP contribution in [-0.4, -0.2) is 26.2 Å². The molecule has 0 aromatic heterocycles. The summed E-state index contributed by atoms with van der Waals surface area (Å²) in [7, 11) is 1.64. The molecule has 134 valence electrons. The molecule has 0 bridgehead atoms. The van der Waals surface area contributed by atoms with Crippen LogP contribution in [0.25, 0.3) is 0 Å². The summed E-state index contributed by atoms with van der Waals surface area (Å²) < 4.78 is 10.8. The molecule has 0 saturated heterocycles. The summed E-state index contributed by atoms with van der Waals surface area (Å²) in [6, 6.07) is 15.5. The second-order valence-electron chi connectivity index (χ2n) is 7.01. The van der Waals surface area contributed by atoms with Gasteiger partial charge in [0.1, 0.15) is 12.4 Å². The normalized spacial score (nSPS) is 11.2. The van der Waals surface area contributed by atoms with Gasteiger partial charge in [-0.2, -0.15) is 0 Å². The van der Waals surface area contributed by atoms with Crippen molar-refractivity contribution in [3.63, 3.8) is 0 Å². The fourth-order valence-electron chi connectivity index (χ4n) is 2.46. The molecule has 2 rings (SSSR count). The summed E-state index contributed by atoms with van der Waals surface area (Å²) in [5, 5.41) is 2.87. The van der Waals surface area contributed by atoms with Crippen LogP contribution in [0.4, 0.5) is 0 Å². The Kier molecular flexibility index (Phi) is 6.59. The van der Waals surface area contributed by atoms with Gasteiger partial charge in [0.05, 0.1) is 13.2 Å². The smallest absolute Gasteiger partial charge is 0.251 e. The SMILES string of the molecule is COCc1cccc(C(=O)NCCOc2ccc(C(C)(C)C)cc2)c1. The molecule has 2 aromatic carbocycles. The Bertz CT molecular complexity index is 687. The van der Waals surface area contributed by atoms with E-state index in [2.05, 4.69) is 38.2 Å². The lowest BCUT2D eigenvalue weighted by molar-refractivity contribution is 0.0946. The van der Waals surface area contributed by atoms with Crippen molar-refractivity contribution in [3.05, 3.63) is 65.2 Å². The molecule has 0 aliphatic heterocycles. The molecule has 0 spiro atoms. The first-order chi connectivity index (χ1) is 11.9. The van der Waals surface area contributed by atoms with Gasteiger partial charge in [-0.15, -0.1) is 0 Å². The highest BCUT2D eigenvalue weighted by atomic mass is 16.5. The predicted octanol–water partition coefficient (Wildman–Crippen LogP) is 3.94. The molecular weight excluding hydrogens is 314 g/mol. The van der Waals surface area contributed by atoms with E-state index in [4.69, 9.17) is 9.47 Å². The Labute approximate surface area is 150 Å². The van der Waals surface area contributed by atoms with Crippen LogP contribution in [-0.2, 0) is 16.8 Å². The second-order valence-corrected chi connectivity index (χ2v) is 7.01. The van der Waals surface area contributed by atoms with Crippen LogP contribution in [0.1, 0.15) is 42.3 Å². The molecule has 0 heterocycles. The number of methoxy groups -OCH3 is 1. The summed E-state index contributed by atoms with van der Waals surface area (Å²) in [6.45, 7) is 7.92. The van der Waals surface area contributed by atoms with Gasteiger partial charge in [-0.25, -0.2) is 0 Å². The fourth-order valence-corrected chi connectivity index (χ4v) is 2.46. The van der Waals surface area contributed by atoms with Crippen LogP contribution in [0, 0.1) is 0 Å². The van der Waals surface area contributed by atoms with Crippen LogP contribution in [0.2, 0.25) is 0 Å². The first kappa shape index (κ1) is 19.0. The minimum atomic E-state index is -0.107. The highest BCUT2D eigenvalue weighted by Gasteiger charge is 2.13. The number of carbonyl (C=O) groups excluding carboxylic acids is 1. The maximum atomic E-state index is 12.2. The van der Waals surface area contributed by atoms with Crippen molar-refractivity contribution < 1.29 is 14.3 Å². The van der Waals surface area contributed by atoms with Gasteiger partial charge in [0.2, 0.25) is 0 Å². The second kappa shape index (κ2) is 8.67. The van der Waals surface area contributed by atoms with Gasteiger partial charge in [-0.05, 0) is 40.8 Å². The summed E-state index contributed by atoms with van der Waals surface area (Å²) >= 11 is 0. The number of benzene rings is 2. The third kappa shape index (κ3) is 5.91. The van der Waals surface area contributed by atoms with Crippen LogP contribution in [0.3, 0.4) is 0 Å². The van der Waals surface area contributed by atoms with E-state index in [1.807, 2.05) is 30.3 Å². The Morgan fingerprint density at radius 3 is 2.44 bits per heavy atom. The van der Waals surface area contributed by atoms with Gasteiger partial charge in [0, 0.05) is 12.7 Å². The fraction of sp³-hybridized carbons (Fsp3) is 0.381. The van der Waals surface area contributed by atoms with Crippen molar-refractivity contribution in [3.8, 4) is 5.75 Å². The summed E-state index contributed by atoms with van der Waals surface area (Å²) in [5.41, 5.74) is 3.00. The zero-order valence-corrected chi connectivity index (χ0v) is 15.5. The van der Waals surface area contributed by atoms with E-state index in [1.165, 1.54) is 5.56 Å². The number of ether oxygens (including phenoxy) is 2. The van der Waals surface area contributed by atoms with E-state index in [1.54, 1.807) is 13.2 Å². The van der Waals surface area contributed by atoms with Crippen molar-refractivity contribution >= 4 is 5.91 Å². The van der Waals surface area contributed by atoms with Gasteiger partial charge in [0.25, 0.3) is 5.91 Å². The number of amides is 1. The molecular formula is C21H27NO3. The third-order valence-electron chi connectivity index (χ3n) is 3.88. The zero-order valence-electron chi connectivity index (χ0n) is 15.5. The average Bonchev–Trinajstić information content (AvgIpc) is 2.59. The van der Waals surface area contributed by atoms with Gasteiger partial charge >= 0.3 is 0 Å². The molecule has 2 aromatic rings. The van der Waals surface area contributed by atoms with Gasteiger partial charge in [0.15, 0.2) is 0 Å². The van der Waals surface area contributed by atoms with Crippen molar-refractivity contribution in [1.29, 1.82) is 0 Å². The molecule has 1 amide bonds. The predicted molar refractivity (Wildman–Crippen MR) is 100 cm³/mol. The van der Waals surface area contributed by atoms with E-state index >= 15 is 0 Å². The number of rotatable bonds is 7. The molecule has 1 N–H and O–H groups in total. The Morgan fingerprint density at radius 2 is 1.80 bits per heavy atom. The molecule has 0 saturated carbocycles. The van der Waals surface area contributed by atoms with Crippen molar-refractivity contribution in [2.24, 2.45) is 0 Å². The quantitative estimate of drug-likeness (QED) is 0.776. The summed E-state index contributed by atoms with van der Waals surface area (Å²) in [5.74, 6) is 0.703. The van der Waals surface area contributed by atoms with E-state index in [0.29, 0.717) is 25.3 Å². The van der Waals surface area contributed by atoms with Crippen molar-refractivity contribution in [2.45, 2.75) is 32.8 Å². The molecule has 4 heteroatoms. The minimum Gasteiger partial charge on any atom is -0.492 e. The maximum absolute atomic E-state index is 12.2. The third-order valence-corrected chi connectivity index (χ3v) is 3.88. The molecule has 0 unspecified atom stereocenters. The van der Waals surface area contributed by atoms with Gasteiger partial charge in [-0.1, -0.05) is 45.0 Å². The molecule has 0 radical (unpaired) electrons. The lowest BCUT2D eigenvalue weighted by Crippen LogP contribution is -2.28. The molecule has 0 aliphatic carbocycles. The Morgan fingerprint density at radius 1 is 1.08 bits per heavy atom. The maximum Gasteiger partial charge on any atom is 0.251 e. The summed E-state index contributed by atoms with van der Waals surface area (Å²) in [6.07, 6.45) is 0. The molecule has 25 heavy (non-hydrogen) atoms. The zero-order chi connectivity index (χ0) is 18.3. The lowest BCUT2D eigenvalue weighted by Gasteiger charge is -2.19. The first-order valence-electron chi connectivity index (χ1n) is 8.49. The first-order valence-corrected chi connectivity index (χ1v) is 8.49. The monoisotopic (exact) mass is 341 g/mol. The summed E-state index contributed by atoms with van der Waals surface area (Å²) in [4.78, 5) is 12.2. The van der Waals surface area contributed by atoms with E-state index < -0.39 is 0 Å². The van der Waals surface area contributed by atoms with E-state index in [-0.39, 0.29) is 11.3 Å². The van der Waals surface area contributed by atoms with E-state index in [9.17, 15) is 4.79 Å². The van der Waals surface area contributed by atoms with Gasteiger partial charge in [-0.3, -0.25) is 4.79 Å². The largest absolute Gasteiger partial charge is 0.492 e. The highest BCUT2D eigenvalue weighted by molar-refractivity contribution is 5.94. The van der Waals surface area contributed by atoms with Crippen LogP contribution in [0.5, 0.6) is 5.75 Å². The van der Waals surface area contributed by atoms with E-state index in [0.717, 1.165) is 11.3 Å². The van der Waals surface area contributed by atoms with Crippen LogP contribution in [0.15, 0.2) is 48.5 Å². The van der Waals surface area contributed by atoms with Crippen LogP contribution < -0.4 is 10.1 Å². The standard InChI is InChI=1S/C21H27NO3/c1-21(2,3)18-8-10-19(11-9-18)25-13-12-22-20(23)17-7-5-6-16(14-17)15-24-4/h5-11,14H,12-13,15H2,1-4H3,(H,22,23). The number of hydrogen-bond donors (Lipinski definition) is 1. The number of carbonyl (C=O) groups is 1. The van der Waals surface area contributed by atoms with Crippen molar-refractivity contribution in [1.82, 2.24) is 5.32 Å². The van der Waals surface area contributed by atoms with Gasteiger partial charge < -0.3 is 14.8 Å². The molecule has 4 nitrogen and oxygen atoms in total. The average molecular weight is 341 g/mol. The minimum absolute atomic E-state index is 0.107. The van der Waals surface area contributed by atoms with Crippen LogP contribution >= 0.6 is 0 Å². The molecule has 0 fully saturated rings. The molecule has 0 atom stereocenters. The Hall–Kier alpha value is -2.33. The molecule has 0 aliphatic rings. The number of nitrogens with one attached hydrogen (secondary N) is 1. The Balaban J connectivity index is 1.79. The van der Waals surface area contributed by atoms with Crippen molar-refractivity contribution in [2.75, 3.05) is 20.3 Å². The highest BCUT2D eigenvalue weighted by Crippen LogP contribution is 2.24. The topological polar surface area (TPSA) is 47.6 Å². The number of hydrogen-bond acceptors (Lipinski definition) is 3. The lowest BCUT2D eigenvalue weighted by atomic mass is 9.87.